The molecule has 0 aliphatic heterocycles. The van der Waals surface area contributed by atoms with Crippen LogP contribution < -0.4 is 0 Å². The Bertz CT molecular complexity index is 215. The van der Waals surface area contributed by atoms with Crippen LogP contribution in [-0.2, 0) is 0 Å². The minimum Gasteiger partial charge on any atom is -0.343 e. The van der Waals surface area contributed by atoms with Crippen molar-refractivity contribution in [3.05, 3.63) is 6.92 Å². The van der Waals surface area contributed by atoms with Crippen LogP contribution in [-0.4, -0.2) is 53.4 Å². The zero-order valence-electron chi connectivity index (χ0n) is 14.5. The van der Waals surface area contributed by atoms with E-state index in [1.807, 2.05) is 0 Å². The molecule has 0 aromatic heterocycles. The molecule has 0 nitrogen and oxygen atoms in total. The standard InChI is InChI=1S/C6H9F4.C2H2F4.4CH2F2.U/c1-2-3-5(4-7)6(8,9)10;3-1-2(4,5)6;4*2-1-3;/h5H,1-4H2;1H2;4*1H2;/q-1;;;;;;. The Morgan fingerprint density at radius 2 is 0.793 bits per heavy atom. The minimum atomic E-state index is -4.62. The fourth-order valence-electron chi connectivity index (χ4n) is 0.575. The Balaban J connectivity index is -0.0000000439. The van der Waals surface area contributed by atoms with Crippen molar-refractivity contribution in [2.75, 3.05) is 41.1 Å². The van der Waals surface area contributed by atoms with Crippen molar-refractivity contribution in [3.63, 3.8) is 0 Å². The molecule has 0 bridgehead atoms. The molecule has 0 amide bonds. The van der Waals surface area contributed by atoms with Crippen molar-refractivity contribution in [1.82, 2.24) is 0 Å². The maximum atomic E-state index is 11.6. The molecule has 0 saturated heterocycles. The van der Waals surface area contributed by atoms with E-state index in [1.165, 1.54) is 0 Å². The van der Waals surface area contributed by atoms with Gasteiger partial charge >= 0.3 is 12.4 Å². The smallest absolute Gasteiger partial charge is 0.343 e. The van der Waals surface area contributed by atoms with Gasteiger partial charge in [0.1, 0.15) is 6.67 Å². The summed E-state index contributed by atoms with van der Waals surface area (Å²) in [6, 6.07) is 0. The van der Waals surface area contributed by atoms with Crippen molar-refractivity contribution >= 4 is 0 Å². The van der Waals surface area contributed by atoms with E-state index in [2.05, 4.69) is 6.92 Å². The van der Waals surface area contributed by atoms with Crippen LogP contribution in [0.4, 0.5) is 70.2 Å². The quantitative estimate of drug-likeness (QED) is 0.208. The van der Waals surface area contributed by atoms with Crippen LogP contribution in [0.1, 0.15) is 12.8 Å². The Morgan fingerprint density at radius 1 is 0.586 bits per heavy atom. The molecule has 29 heavy (non-hydrogen) atoms. The molecule has 0 aromatic rings. The third-order valence-electron chi connectivity index (χ3n) is 1.35. The first-order valence-electron chi connectivity index (χ1n) is 6.27. The van der Waals surface area contributed by atoms with E-state index in [1.54, 1.807) is 0 Å². The molecular weight excluding hydrogens is 686 g/mol. The van der Waals surface area contributed by atoms with Crippen LogP contribution in [0.25, 0.3) is 0 Å². The van der Waals surface area contributed by atoms with Crippen LogP contribution in [0.3, 0.4) is 0 Å². The maximum Gasteiger partial charge on any atom is 0.416 e. The average Bonchev–Trinajstić information content (AvgIpc) is 2.54. The number of hydrogen-bond donors (Lipinski definition) is 0. The normalized spacial score (nSPS) is 10.2. The molecule has 17 heteroatoms. The van der Waals surface area contributed by atoms with Gasteiger partial charge in [-0.15, -0.1) is 0 Å². The molecule has 0 heterocycles. The fraction of sp³-hybridized carbons (Fsp3) is 0.917. The molecule has 1 unspecified atom stereocenters. The first kappa shape index (κ1) is 46.9. The van der Waals surface area contributed by atoms with E-state index in [4.69, 9.17) is 0 Å². The second-order valence-electron chi connectivity index (χ2n) is 3.19. The van der Waals surface area contributed by atoms with Gasteiger partial charge < -0.3 is 6.92 Å². The van der Waals surface area contributed by atoms with Crippen LogP contribution in [0, 0.1) is 44.0 Å². The van der Waals surface area contributed by atoms with E-state index in [0.29, 0.717) is 0 Å². The molecule has 1 atom stereocenters. The molecule has 0 aliphatic carbocycles. The summed E-state index contributed by atoms with van der Waals surface area (Å²) in [5, 5.41) is 0. The molecule has 0 saturated carbocycles. The Hall–Kier alpha value is -0.0681. The average molecular weight is 705 g/mol. The third kappa shape index (κ3) is 96.8. The fourth-order valence-corrected chi connectivity index (χ4v) is 0.575. The van der Waals surface area contributed by atoms with Crippen LogP contribution in [0.15, 0.2) is 0 Å². The van der Waals surface area contributed by atoms with Crippen molar-refractivity contribution in [2.45, 2.75) is 25.2 Å². The summed E-state index contributed by atoms with van der Waals surface area (Å²) in [5.74, 6) is -1.81. The Kier molecular flexibility index (Phi) is 62.3. The molecule has 0 aromatic carbocycles. The van der Waals surface area contributed by atoms with Gasteiger partial charge in [-0.05, 0) is 0 Å². The van der Waals surface area contributed by atoms with Gasteiger partial charge in [0.15, 0.2) is 6.67 Å². The van der Waals surface area contributed by atoms with Gasteiger partial charge in [0.05, 0.1) is 5.92 Å². The predicted molar refractivity (Wildman–Crippen MR) is 70.5 cm³/mol. The Labute approximate surface area is 180 Å². The van der Waals surface area contributed by atoms with Crippen molar-refractivity contribution in [1.29, 1.82) is 0 Å². The van der Waals surface area contributed by atoms with Gasteiger partial charge in [-0.2, -0.15) is 32.8 Å². The van der Waals surface area contributed by atoms with Gasteiger partial charge in [0.2, 0.25) is 27.7 Å². The van der Waals surface area contributed by atoms with E-state index in [9.17, 15) is 70.2 Å². The molecule has 0 fully saturated rings. The van der Waals surface area contributed by atoms with E-state index in [-0.39, 0.29) is 44.0 Å². The van der Waals surface area contributed by atoms with Crippen molar-refractivity contribution in [3.8, 4) is 0 Å². The SMILES string of the molecule is FCC(F)(F)F.FCF.FCF.FCF.FCF.[CH2-]CCC(CF)C(F)(F)F.[U]. The van der Waals surface area contributed by atoms with Gasteiger partial charge in [-0.25, -0.2) is 39.5 Å². The summed E-state index contributed by atoms with van der Waals surface area (Å²) >= 11 is 0. The number of halogens is 16. The molecular formula is C12H19F16U-. The van der Waals surface area contributed by atoms with E-state index in [0.717, 1.165) is 0 Å². The van der Waals surface area contributed by atoms with Crippen LogP contribution in [0.2, 0.25) is 0 Å². The molecule has 0 radical (unpaired) electrons. The number of alkyl halides is 16. The Morgan fingerprint density at radius 3 is 0.828 bits per heavy atom. The molecule has 0 rings (SSSR count). The monoisotopic (exact) mass is 705 g/mol. The zero-order chi connectivity index (χ0) is 24.2. The van der Waals surface area contributed by atoms with Crippen LogP contribution >= 0.6 is 0 Å². The second-order valence-corrected chi connectivity index (χ2v) is 3.19. The number of rotatable bonds is 3. The second kappa shape index (κ2) is 38.5. The summed E-state index contributed by atoms with van der Waals surface area (Å²) in [4.78, 5) is 0. The molecule has 0 aliphatic rings. The first-order chi connectivity index (χ1) is 12.7. The predicted octanol–water partition coefficient (Wildman–Crippen LogP) is 7.80. The number of hydrogen-bond acceptors (Lipinski definition) is 0. The summed E-state index contributed by atoms with van der Waals surface area (Å²) in [6.07, 6.45) is -9.12. The van der Waals surface area contributed by atoms with Gasteiger partial charge in [0, 0.05) is 31.1 Å². The topological polar surface area (TPSA) is 0 Å². The minimum absolute atomic E-state index is 0. The summed E-state index contributed by atoms with van der Waals surface area (Å²) in [7, 11) is 0. The zero-order valence-corrected chi connectivity index (χ0v) is 18.7. The summed E-state index contributed by atoms with van der Waals surface area (Å²) in [6.45, 7) is -7.34. The summed E-state index contributed by atoms with van der Waals surface area (Å²) < 4.78 is 165. The largest absolute Gasteiger partial charge is 0.416 e. The molecule has 0 spiro atoms. The van der Waals surface area contributed by atoms with Gasteiger partial charge in [0.25, 0.3) is 0 Å². The van der Waals surface area contributed by atoms with E-state index >= 15 is 0 Å². The van der Waals surface area contributed by atoms with E-state index < -0.39 is 59.3 Å². The van der Waals surface area contributed by atoms with Crippen molar-refractivity contribution < 1.29 is 101 Å². The van der Waals surface area contributed by atoms with Crippen molar-refractivity contribution in [2.24, 2.45) is 5.92 Å². The molecule has 184 valence electrons. The molecule has 0 N–H and O–H groups in total. The first-order valence-corrected chi connectivity index (χ1v) is 6.27. The van der Waals surface area contributed by atoms with Gasteiger partial charge in [-0.3, -0.25) is 4.39 Å². The van der Waals surface area contributed by atoms with Gasteiger partial charge in [-0.1, -0.05) is 6.42 Å². The van der Waals surface area contributed by atoms with Crippen LogP contribution in [0.5, 0.6) is 0 Å². The third-order valence-corrected chi connectivity index (χ3v) is 1.35. The maximum absolute atomic E-state index is 11.6. The summed E-state index contributed by atoms with van der Waals surface area (Å²) in [5.41, 5.74) is 0.